The predicted octanol–water partition coefficient (Wildman–Crippen LogP) is 18.9. The Bertz CT molecular complexity index is 1850. The van der Waals surface area contributed by atoms with Crippen LogP contribution in [0.4, 0.5) is 0 Å². The summed E-state index contributed by atoms with van der Waals surface area (Å²) in [7, 11) is -4.79. The molecule has 0 saturated heterocycles. The van der Waals surface area contributed by atoms with Crippen LogP contribution in [-0.4, -0.2) is 66.5 Å². The lowest BCUT2D eigenvalue weighted by molar-refractivity contribution is -0.161. The van der Waals surface area contributed by atoms with Crippen molar-refractivity contribution in [1.29, 1.82) is 0 Å². The lowest BCUT2D eigenvalue weighted by Crippen LogP contribution is -2.30. The molecule has 0 aliphatic heterocycles. The number of phosphoric ester groups is 1. The van der Waals surface area contributed by atoms with Gasteiger partial charge in [0.25, 0.3) is 0 Å². The number of allylic oxidation sites excluding steroid dienone is 22. The monoisotopic (exact) mass is 1130 g/mol. The average molecular weight is 1140 g/mol. The van der Waals surface area contributed by atoms with E-state index in [2.05, 4.69) is 142 Å². The molecule has 0 aromatic rings. The molecular weight excluding hydrogens is 1020 g/mol. The molecule has 12 heteroatoms. The molecule has 0 amide bonds. The minimum Gasteiger partial charge on any atom is -0.462 e. The normalized spacial score (nSPS) is 14.2. The maximum absolute atomic E-state index is 12.9. The molecule has 0 aliphatic rings. The number of esters is 3. The maximum Gasteiger partial charge on any atom is 0.472 e. The van der Waals surface area contributed by atoms with Crippen LogP contribution in [0.2, 0.25) is 0 Å². The second-order valence-electron chi connectivity index (χ2n) is 20.1. The fraction of sp³-hybridized carbons (Fsp3) is 0.632. The molecule has 0 rings (SSSR count). The fourth-order valence-electron chi connectivity index (χ4n) is 7.90. The van der Waals surface area contributed by atoms with Crippen LogP contribution in [0.1, 0.15) is 239 Å². The molecule has 3 unspecified atom stereocenters. The number of rotatable bonds is 56. The molecular formula is C68H111O11P. The number of carbonyl (C=O) groups is 3. The van der Waals surface area contributed by atoms with Crippen LogP contribution in [-0.2, 0) is 42.2 Å². The Hall–Kier alpha value is -4.38. The number of hydrogen-bond donors (Lipinski definition) is 2. The molecule has 454 valence electrons. The summed E-state index contributed by atoms with van der Waals surface area (Å²) in [4.78, 5) is 48.7. The summed E-state index contributed by atoms with van der Waals surface area (Å²) in [6.45, 7) is 4.30. The van der Waals surface area contributed by atoms with Gasteiger partial charge >= 0.3 is 25.7 Å². The Morgan fingerprint density at radius 3 is 1.09 bits per heavy atom. The van der Waals surface area contributed by atoms with E-state index in [4.69, 9.17) is 23.3 Å². The van der Waals surface area contributed by atoms with E-state index in [1.807, 2.05) is 12.2 Å². The van der Waals surface area contributed by atoms with Gasteiger partial charge in [0.15, 0.2) is 6.10 Å². The summed E-state index contributed by atoms with van der Waals surface area (Å²) in [5.41, 5.74) is 0. The van der Waals surface area contributed by atoms with Crippen LogP contribution in [0.15, 0.2) is 134 Å². The average Bonchev–Trinajstić information content (AvgIpc) is 3.45. The van der Waals surface area contributed by atoms with Crippen molar-refractivity contribution in [2.24, 2.45) is 0 Å². The smallest absolute Gasteiger partial charge is 0.462 e. The highest BCUT2D eigenvalue weighted by Gasteiger charge is 2.28. The summed E-state index contributed by atoms with van der Waals surface area (Å²) < 4.78 is 39.5. The van der Waals surface area contributed by atoms with Gasteiger partial charge in [0, 0.05) is 19.3 Å². The molecule has 11 nitrogen and oxygen atoms in total. The number of unbranched alkanes of at least 4 members (excludes halogenated alkanes) is 17. The zero-order valence-corrected chi connectivity index (χ0v) is 51.1. The van der Waals surface area contributed by atoms with Crippen molar-refractivity contribution in [1.82, 2.24) is 0 Å². The van der Waals surface area contributed by atoms with Crippen LogP contribution in [0.3, 0.4) is 0 Å². The Morgan fingerprint density at radius 1 is 0.362 bits per heavy atom. The van der Waals surface area contributed by atoms with Gasteiger partial charge in [-0.1, -0.05) is 231 Å². The SMILES string of the molecule is CC/C=C\C/C=C\C/C=C\C/C=C\C/C=C\C/C=C\CCC(=O)OC(COC(=O)CCCCCC/C=C\C/C=C\C/C=C\C/C=C\CC)COP(=O)(O)OCC(CO)OC(=O)CCCCCCCCC/C=C\CCCCCCCC. The molecule has 0 spiro atoms. The van der Waals surface area contributed by atoms with Crippen molar-refractivity contribution < 1.29 is 52.2 Å². The van der Waals surface area contributed by atoms with E-state index < -0.39 is 57.8 Å². The van der Waals surface area contributed by atoms with Crippen molar-refractivity contribution in [2.75, 3.05) is 26.4 Å². The number of hydrogen-bond acceptors (Lipinski definition) is 10. The summed E-state index contributed by atoms with van der Waals surface area (Å²) in [5.74, 6) is -1.61. The van der Waals surface area contributed by atoms with Crippen LogP contribution in [0.25, 0.3) is 0 Å². The van der Waals surface area contributed by atoms with E-state index in [1.165, 1.54) is 57.8 Å². The topological polar surface area (TPSA) is 155 Å². The van der Waals surface area contributed by atoms with E-state index in [1.54, 1.807) is 0 Å². The zero-order valence-electron chi connectivity index (χ0n) is 50.2. The molecule has 0 bridgehead atoms. The van der Waals surface area contributed by atoms with Gasteiger partial charge in [0.2, 0.25) is 0 Å². The first-order valence-electron chi connectivity index (χ1n) is 31.1. The quantitative estimate of drug-likeness (QED) is 0.0197. The second-order valence-corrected chi connectivity index (χ2v) is 21.6. The van der Waals surface area contributed by atoms with Crippen LogP contribution >= 0.6 is 7.82 Å². The minimum atomic E-state index is -4.79. The standard InChI is InChI=1S/C68H111O11P/c1-4-7-10-13-16-19-22-25-28-31-32-35-38-41-44-47-50-53-56-59-68(72)79-65(61-75-66(70)57-54-51-48-45-42-39-36-33-29-26-23-20-17-14-11-8-5-2)63-77-80(73,74)76-62-64(60-69)78-67(71)58-55-52-49-46-43-40-37-34-30-27-24-21-18-15-12-9-6-3/h7-8,10-11,16-17,19-20,25-30,32,35-36,39,41,44,50,53,64-65,69H,4-6,9,12-15,18,21-24,31,33-34,37-38,40,42-43,45-49,51-52,54-63H2,1-3H3,(H,73,74)/b10-7-,11-8-,19-16-,20-17-,28-25-,29-26-,30-27-,35-32-,39-36-,44-41-,53-50-. The molecule has 0 radical (unpaired) electrons. The van der Waals surface area contributed by atoms with Crippen LogP contribution in [0, 0.1) is 0 Å². The Balaban J connectivity index is 4.86. The van der Waals surface area contributed by atoms with E-state index >= 15 is 0 Å². The first kappa shape index (κ1) is 75.6. The number of aliphatic hydroxyl groups is 1. The van der Waals surface area contributed by atoms with Gasteiger partial charge in [-0.25, -0.2) is 4.57 Å². The molecule has 3 atom stereocenters. The van der Waals surface area contributed by atoms with Crippen molar-refractivity contribution in [3.63, 3.8) is 0 Å². The number of ether oxygens (including phenoxy) is 3. The molecule has 0 heterocycles. The lowest BCUT2D eigenvalue weighted by Gasteiger charge is -2.21. The summed E-state index contributed by atoms with van der Waals surface area (Å²) in [6, 6.07) is 0. The second kappa shape index (κ2) is 60.7. The van der Waals surface area contributed by atoms with E-state index in [0.29, 0.717) is 25.7 Å². The molecule has 0 saturated carbocycles. The van der Waals surface area contributed by atoms with Crippen molar-refractivity contribution in [3.8, 4) is 0 Å². The summed E-state index contributed by atoms with van der Waals surface area (Å²) >= 11 is 0. The lowest BCUT2D eigenvalue weighted by atomic mass is 10.1. The molecule has 0 aromatic heterocycles. The van der Waals surface area contributed by atoms with Gasteiger partial charge < -0.3 is 24.2 Å². The largest absolute Gasteiger partial charge is 0.472 e. The Labute approximate surface area is 487 Å². The van der Waals surface area contributed by atoms with Crippen molar-refractivity contribution in [2.45, 2.75) is 251 Å². The van der Waals surface area contributed by atoms with Gasteiger partial charge in [-0.2, -0.15) is 0 Å². The van der Waals surface area contributed by atoms with E-state index in [9.17, 15) is 28.9 Å². The number of aliphatic hydroxyl groups excluding tert-OH is 1. The van der Waals surface area contributed by atoms with E-state index in [-0.39, 0.29) is 25.9 Å². The summed E-state index contributed by atoms with van der Waals surface area (Å²) in [6.07, 6.45) is 77.0. The van der Waals surface area contributed by atoms with E-state index in [0.717, 1.165) is 116 Å². The third kappa shape index (κ3) is 58.3. The molecule has 0 aliphatic carbocycles. The van der Waals surface area contributed by atoms with Gasteiger partial charge in [-0.05, 0) is 122 Å². The maximum atomic E-state index is 12.9. The third-order valence-electron chi connectivity index (χ3n) is 12.6. The first-order chi connectivity index (χ1) is 39.2. The van der Waals surface area contributed by atoms with Crippen LogP contribution in [0.5, 0.6) is 0 Å². The van der Waals surface area contributed by atoms with Gasteiger partial charge in [-0.15, -0.1) is 0 Å². The Kier molecular flexibility index (Phi) is 57.4. The van der Waals surface area contributed by atoms with Crippen molar-refractivity contribution in [3.05, 3.63) is 134 Å². The van der Waals surface area contributed by atoms with Crippen molar-refractivity contribution >= 4 is 25.7 Å². The molecule has 2 N–H and O–H groups in total. The molecule has 0 fully saturated rings. The fourth-order valence-corrected chi connectivity index (χ4v) is 8.68. The highest BCUT2D eigenvalue weighted by molar-refractivity contribution is 7.47. The number of phosphoric acid groups is 1. The highest BCUT2D eigenvalue weighted by atomic mass is 31.2. The molecule has 0 aromatic carbocycles. The first-order valence-corrected chi connectivity index (χ1v) is 32.6. The predicted molar refractivity (Wildman–Crippen MR) is 334 cm³/mol. The van der Waals surface area contributed by atoms with Gasteiger partial charge in [0.05, 0.1) is 19.8 Å². The Morgan fingerprint density at radius 2 is 0.675 bits per heavy atom. The highest BCUT2D eigenvalue weighted by Crippen LogP contribution is 2.43. The zero-order chi connectivity index (χ0) is 58.3. The third-order valence-corrected chi connectivity index (χ3v) is 13.5. The molecule has 80 heavy (non-hydrogen) atoms. The summed E-state index contributed by atoms with van der Waals surface area (Å²) in [5, 5.41) is 9.85. The minimum absolute atomic E-state index is 0.0296. The van der Waals surface area contributed by atoms with Gasteiger partial charge in [0.1, 0.15) is 12.7 Å². The van der Waals surface area contributed by atoms with Gasteiger partial charge in [-0.3, -0.25) is 23.4 Å². The number of carbonyl (C=O) groups excluding carboxylic acids is 3. The van der Waals surface area contributed by atoms with Crippen LogP contribution < -0.4 is 0 Å².